The maximum Gasteiger partial charge on any atom is 0.308 e. The van der Waals surface area contributed by atoms with E-state index >= 15 is 0 Å². The van der Waals surface area contributed by atoms with Crippen molar-refractivity contribution >= 4 is 17.3 Å². The van der Waals surface area contributed by atoms with Crippen molar-refractivity contribution in [2.45, 2.75) is 46.3 Å². The van der Waals surface area contributed by atoms with Crippen molar-refractivity contribution in [2.24, 2.45) is 0 Å². The number of piperazine rings is 1. The van der Waals surface area contributed by atoms with E-state index in [0.717, 1.165) is 17.2 Å². The Morgan fingerprint density at radius 2 is 1.94 bits per heavy atom. The molecule has 0 amide bonds. The molecule has 10 nitrogen and oxygen atoms in total. The highest BCUT2D eigenvalue weighted by Gasteiger charge is 2.29. The molecule has 34 heavy (non-hydrogen) atoms. The third-order valence-electron chi connectivity index (χ3n) is 5.91. The number of hydrogen-bond acceptors (Lipinski definition) is 9. The summed E-state index contributed by atoms with van der Waals surface area (Å²) in [5.74, 6) is -1.43. The smallest absolute Gasteiger partial charge is 0.308 e. The number of carbonyl (C=O) groups is 1. The van der Waals surface area contributed by atoms with Crippen LogP contribution in [0.25, 0.3) is 0 Å². The zero-order chi connectivity index (χ0) is 24.5. The number of ether oxygens (including phenoxy) is 3. The Labute approximate surface area is 196 Å². The normalized spacial score (nSPS) is 18.2. The largest absolute Gasteiger partial charge is 0.424 e. The molecule has 11 heteroatoms. The molecular formula is C23H27FN4O6. The predicted octanol–water partition coefficient (Wildman–Crippen LogP) is 3.16. The maximum atomic E-state index is 14.4. The van der Waals surface area contributed by atoms with Gasteiger partial charge in [-0.05, 0) is 19.9 Å². The number of rotatable bonds is 5. The number of fused-ring (bicyclic) bond motifs is 1. The molecule has 2 aliphatic heterocycles. The van der Waals surface area contributed by atoms with Crippen LogP contribution in [0.2, 0.25) is 0 Å². The summed E-state index contributed by atoms with van der Waals surface area (Å²) in [7, 11) is 0. The van der Waals surface area contributed by atoms with Gasteiger partial charge < -0.3 is 19.1 Å². The van der Waals surface area contributed by atoms with Crippen LogP contribution in [0.3, 0.4) is 0 Å². The number of nitro benzene ring substituents is 1. The number of esters is 1. The van der Waals surface area contributed by atoms with Crippen LogP contribution < -0.4 is 9.64 Å². The lowest BCUT2D eigenvalue weighted by Crippen LogP contribution is -2.46. The zero-order valence-corrected chi connectivity index (χ0v) is 19.4. The molecule has 0 saturated carbocycles. The Hall–Kier alpha value is -3.15. The van der Waals surface area contributed by atoms with Crippen LogP contribution in [0.1, 0.15) is 37.6 Å². The molecule has 2 aromatic rings. The lowest BCUT2D eigenvalue weighted by molar-refractivity contribution is -0.385. The van der Waals surface area contributed by atoms with E-state index in [1.54, 1.807) is 6.20 Å². The Morgan fingerprint density at radius 1 is 1.24 bits per heavy atom. The highest BCUT2D eigenvalue weighted by atomic mass is 19.1. The number of halogens is 1. The fraction of sp³-hybridized carbons (Fsp3) is 0.478. The van der Waals surface area contributed by atoms with Crippen molar-refractivity contribution in [3.05, 3.63) is 57.1 Å². The van der Waals surface area contributed by atoms with Gasteiger partial charge in [-0.15, -0.1) is 0 Å². The summed E-state index contributed by atoms with van der Waals surface area (Å²) in [5, 5.41) is 10.9. The predicted molar refractivity (Wildman–Crippen MR) is 120 cm³/mol. The summed E-state index contributed by atoms with van der Waals surface area (Å²) in [6, 6.07) is 3.70. The summed E-state index contributed by atoms with van der Waals surface area (Å²) >= 11 is 0. The van der Waals surface area contributed by atoms with E-state index in [-0.39, 0.29) is 12.3 Å². The van der Waals surface area contributed by atoms with Crippen molar-refractivity contribution in [1.82, 2.24) is 9.88 Å². The summed E-state index contributed by atoms with van der Waals surface area (Å²) in [4.78, 5) is 30.6. The maximum absolute atomic E-state index is 14.4. The van der Waals surface area contributed by atoms with Crippen LogP contribution >= 0.6 is 0 Å². The Kier molecular flexibility index (Phi) is 6.78. The second kappa shape index (κ2) is 9.61. The average Bonchev–Trinajstić information content (AvgIpc) is 2.94. The Morgan fingerprint density at radius 3 is 2.59 bits per heavy atom. The number of aromatic nitrogens is 1. The van der Waals surface area contributed by atoms with Crippen LogP contribution in [0.4, 0.5) is 15.8 Å². The number of hydrogen-bond donors (Lipinski definition) is 0. The van der Waals surface area contributed by atoms with Gasteiger partial charge in [0, 0.05) is 63.0 Å². The number of non-ortho nitro benzene ring substituents is 1. The van der Waals surface area contributed by atoms with E-state index in [9.17, 15) is 19.3 Å². The molecule has 0 bridgehead atoms. The number of nitro groups is 1. The van der Waals surface area contributed by atoms with Gasteiger partial charge in [0.15, 0.2) is 17.4 Å². The molecule has 0 unspecified atom stereocenters. The van der Waals surface area contributed by atoms with Crippen LogP contribution in [0, 0.1) is 15.9 Å². The van der Waals surface area contributed by atoms with E-state index in [0.29, 0.717) is 56.5 Å². The molecule has 0 spiro atoms. The highest BCUT2D eigenvalue weighted by molar-refractivity contribution is 5.70. The summed E-state index contributed by atoms with van der Waals surface area (Å²) < 4.78 is 31.6. The first-order chi connectivity index (χ1) is 16.1. The molecule has 0 atom stereocenters. The summed E-state index contributed by atoms with van der Waals surface area (Å²) in [5.41, 5.74) is 2.24. The molecule has 1 saturated heterocycles. The second-order valence-corrected chi connectivity index (χ2v) is 8.76. The first-order valence-electron chi connectivity index (χ1n) is 11.0. The van der Waals surface area contributed by atoms with Crippen molar-refractivity contribution < 1.29 is 28.3 Å². The van der Waals surface area contributed by atoms with Gasteiger partial charge in [-0.25, -0.2) is 4.39 Å². The van der Waals surface area contributed by atoms with Crippen molar-refractivity contribution in [3.63, 3.8) is 0 Å². The lowest BCUT2D eigenvalue weighted by Gasteiger charge is -2.36. The Bertz CT molecular complexity index is 1100. The molecule has 0 radical (unpaired) electrons. The van der Waals surface area contributed by atoms with E-state index in [1.807, 2.05) is 18.7 Å². The van der Waals surface area contributed by atoms with Crippen LogP contribution in [-0.4, -0.2) is 52.7 Å². The van der Waals surface area contributed by atoms with E-state index in [4.69, 9.17) is 14.2 Å². The summed E-state index contributed by atoms with van der Waals surface area (Å²) in [6.45, 7) is 8.26. The third-order valence-corrected chi connectivity index (χ3v) is 5.91. The average molecular weight is 474 g/mol. The minimum Gasteiger partial charge on any atom is -0.424 e. The molecule has 182 valence electrons. The molecule has 1 fully saturated rings. The number of pyridine rings is 1. The molecular weight excluding hydrogens is 447 g/mol. The summed E-state index contributed by atoms with van der Waals surface area (Å²) in [6.07, 6.45) is 1.73. The van der Waals surface area contributed by atoms with Gasteiger partial charge in [0.25, 0.3) is 5.69 Å². The van der Waals surface area contributed by atoms with Crippen LogP contribution in [0.5, 0.6) is 5.75 Å². The van der Waals surface area contributed by atoms with E-state index in [2.05, 4.69) is 9.88 Å². The lowest BCUT2D eigenvalue weighted by atomic mass is 10.1. The van der Waals surface area contributed by atoms with Crippen molar-refractivity contribution in [3.8, 4) is 5.75 Å². The molecule has 2 aliphatic rings. The van der Waals surface area contributed by atoms with Gasteiger partial charge in [-0.2, -0.15) is 0 Å². The van der Waals surface area contributed by atoms with Gasteiger partial charge in [0.05, 0.1) is 35.6 Å². The standard InChI is InChI=1S/C23H27FN4O6/c1-15(29)34-22-18-14-33-23(2,3)32-13-16(18)11-25-20(22)12-26-6-8-27(9-7-26)21-5-4-17(28(30)31)10-19(21)24/h4-5,10-11H,6-9,12-14H2,1-3H3. The monoisotopic (exact) mass is 474 g/mol. The first kappa shape index (κ1) is 24.0. The quantitative estimate of drug-likeness (QED) is 0.367. The topological polar surface area (TPSA) is 107 Å². The molecule has 3 heterocycles. The molecule has 4 rings (SSSR count). The Balaban J connectivity index is 1.48. The fourth-order valence-electron chi connectivity index (χ4n) is 4.04. The molecule has 1 aromatic heterocycles. The molecule has 1 aromatic carbocycles. The molecule has 0 N–H and O–H groups in total. The minimum atomic E-state index is -0.768. The third kappa shape index (κ3) is 5.32. The number of nitrogens with zero attached hydrogens (tertiary/aromatic N) is 4. The number of anilines is 1. The van der Waals surface area contributed by atoms with Crippen LogP contribution in [-0.2, 0) is 34.0 Å². The van der Waals surface area contributed by atoms with Gasteiger partial charge in [-0.3, -0.25) is 24.8 Å². The van der Waals surface area contributed by atoms with Crippen molar-refractivity contribution in [1.29, 1.82) is 0 Å². The number of carbonyl (C=O) groups excluding carboxylic acids is 1. The zero-order valence-electron chi connectivity index (χ0n) is 19.4. The minimum absolute atomic E-state index is 0.230. The first-order valence-corrected chi connectivity index (χ1v) is 11.0. The van der Waals surface area contributed by atoms with E-state index in [1.165, 1.54) is 19.1 Å². The fourth-order valence-corrected chi connectivity index (χ4v) is 4.04. The van der Waals surface area contributed by atoms with Gasteiger partial charge in [0.2, 0.25) is 0 Å². The molecule has 0 aliphatic carbocycles. The van der Waals surface area contributed by atoms with Gasteiger partial charge in [0.1, 0.15) is 0 Å². The van der Waals surface area contributed by atoms with Gasteiger partial charge in [-0.1, -0.05) is 0 Å². The number of benzene rings is 1. The second-order valence-electron chi connectivity index (χ2n) is 8.76. The highest BCUT2D eigenvalue weighted by Crippen LogP contribution is 2.33. The van der Waals surface area contributed by atoms with Crippen molar-refractivity contribution in [2.75, 3.05) is 31.1 Å². The van der Waals surface area contributed by atoms with Gasteiger partial charge >= 0.3 is 5.97 Å². The SMILES string of the molecule is CC(=O)Oc1c(CN2CCN(c3ccc([N+](=O)[O-])cc3F)CC2)ncc2c1COC(C)(C)OC2. The van der Waals surface area contributed by atoms with Crippen LogP contribution in [0.15, 0.2) is 24.4 Å². The van der Waals surface area contributed by atoms with E-state index < -0.39 is 22.5 Å².